The van der Waals surface area contributed by atoms with Gasteiger partial charge in [0.1, 0.15) is 0 Å². The standard InChI is InChI=1S/C17H22NO3P/c1-20-22(19,21-2)16(13-18)17(14-9-5-3-6-10-14)15-11-7-4-8-12-15/h3-12,16-17H,13,18H2,1-2H3. The molecule has 0 spiro atoms. The van der Waals surface area contributed by atoms with Crippen LogP contribution in [0.5, 0.6) is 0 Å². The molecule has 5 heteroatoms. The summed E-state index contributed by atoms with van der Waals surface area (Å²) in [5.74, 6) is -0.155. The molecule has 0 aliphatic carbocycles. The first kappa shape index (κ1) is 16.9. The Morgan fingerprint density at radius 3 is 1.64 bits per heavy atom. The van der Waals surface area contributed by atoms with Crippen LogP contribution >= 0.6 is 7.60 Å². The van der Waals surface area contributed by atoms with Crippen LogP contribution < -0.4 is 5.73 Å². The smallest absolute Gasteiger partial charge is 0.330 e. The molecule has 1 atom stereocenters. The Bertz CT molecular complexity index is 571. The quantitative estimate of drug-likeness (QED) is 0.792. The maximum absolute atomic E-state index is 12.9. The molecule has 2 rings (SSSR count). The van der Waals surface area contributed by atoms with Crippen molar-refractivity contribution < 1.29 is 13.6 Å². The number of rotatable bonds is 7. The number of benzene rings is 2. The Morgan fingerprint density at radius 1 is 0.909 bits per heavy atom. The van der Waals surface area contributed by atoms with Crippen molar-refractivity contribution in [3.63, 3.8) is 0 Å². The molecule has 22 heavy (non-hydrogen) atoms. The molecule has 0 heterocycles. The van der Waals surface area contributed by atoms with E-state index < -0.39 is 13.3 Å². The topological polar surface area (TPSA) is 61.5 Å². The lowest BCUT2D eigenvalue weighted by Gasteiger charge is -2.31. The van der Waals surface area contributed by atoms with Gasteiger partial charge in [0, 0.05) is 26.7 Å². The van der Waals surface area contributed by atoms with E-state index in [9.17, 15) is 4.57 Å². The van der Waals surface area contributed by atoms with Gasteiger partial charge in [-0.15, -0.1) is 0 Å². The second-order valence-corrected chi connectivity index (χ2v) is 7.48. The van der Waals surface area contributed by atoms with Crippen molar-refractivity contribution in [1.82, 2.24) is 0 Å². The predicted octanol–water partition coefficient (Wildman–Crippen LogP) is 3.63. The normalized spacial score (nSPS) is 13.3. The summed E-state index contributed by atoms with van der Waals surface area (Å²) < 4.78 is 23.4. The van der Waals surface area contributed by atoms with Gasteiger partial charge in [-0.05, 0) is 11.1 Å². The maximum atomic E-state index is 12.9. The fourth-order valence-corrected chi connectivity index (χ4v) is 4.41. The lowest BCUT2D eigenvalue weighted by molar-refractivity contribution is 0.263. The van der Waals surface area contributed by atoms with Crippen LogP contribution in [0.4, 0.5) is 0 Å². The Kier molecular flexibility index (Phi) is 5.92. The van der Waals surface area contributed by atoms with Crippen LogP contribution in [0, 0.1) is 0 Å². The zero-order chi connectivity index (χ0) is 16.0. The van der Waals surface area contributed by atoms with E-state index in [1.54, 1.807) is 0 Å². The van der Waals surface area contributed by atoms with E-state index >= 15 is 0 Å². The molecule has 0 fully saturated rings. The average molecular weight is 319 g/mol. The molecular weight excluding hydrogens is 297 g/mol. The van der Waals surface area contributed by atoms with Crippen molar-refractivity contribution in [2.24, 2.45) is 5.73 Å². The highest BCUT2D eigenvalue weighted by atomic mass is 31.2. The fraction of sp³-hybridized carbons (Fsp3) is 0.294. The molecule has 2 aromatic carbocycles. The fourth-order valence-electron chi connectivity index (χ4n) is 2.75. The summed E-state index contributed by atoms with van der Waals surface area (Å²) in [4.78, 5) is 0. The Morgan fingerprint density at radius 2 is 1.32 bits per heavy atom. The van der Waals surface area contributed by atoms with Crippen molar-refractivity contribution in [3.05, 3.63) is 71.8 Å². The Hall–Kier alpha value is -1.45. The van der Waals surface area contributed by atoms with Gasteiger partial charge in [-0.2, -0.15) is 0 Å². The molecule has 0 bridgehead atoms. The van der Waals surface area contributed by atoms with Gasteiger partial charge in [0.2, 0.25) is 0 Å². The molecule has 4 nitrogen and oxygen atoms in total. The van der Waals surface area contributed by atoms with Crippen molar-refractivity contribution in [3.8, 4) is 0 Å². The summed E-state index contributed by atoms with van der Waals surface area (Å²) in [7, 11) is -0.498. The summed E-state index contributed by atoms with van der Waals surface area (Å²) in [5, 5.41) is 0. The molecule has 0 aliphatic heterocycles. The van der Waals surface area contributed by atoms with Gasteiger partial charge in [0.15, 0.2) is 0 Å². The third-order valence-corrected chi connectivity index (χ3v) is 6.20. The van der Waals surface area contributed by atoms with E-state index in [1.165, 1.54) is 14.2 Å². The zero-order valence-electron chi connectivity index (χ0n) is 12.9. The molecule has 0 aromatic heterocycles. The largest absolute Gasteiger partial charge is 0.335 e. The Balaban J connectivity index is 2.55. The number of hydrogen-bond donors (Lipinski definition) is 1. The number of hydrogen-bond acceptors (Lipinski definition) is 4. The van der Waals surface area contributed by atoms with Crippen LogP contribution in [-0.2, 0) is 13.6 Å². The first-order valence-corrected chi connectivity index (χ1v) is 8.78. The minimum Gasteiger partial charge on any atom is -0.330 e. The molecule has 118 valence electrons. The summed E-state index contributed by atoms with van der Waals surface area (Å²) >= 11 is 0. The number of nitrogens with two attached hydrogens (primary N) is 1. The van der Waals surface area contributed by atoms with Crippen molar-refractivity contribution in [2.45, 2.75) is 11.6 Å². The summed E-state index contributed by atoms with van der Waals surface area (Å²) in [5.41, 5.74) is 7.58. The highest BCUT2D eigenvalue weighted by Crippen LogP contribution is 2.57. The first-order chi connectivity index (χ1) is 10.7. The van der Waals surface area contributed by atoms with Gasteiger partial charge in [0.05, 0.1) is 5.66 Å². The van der Waals surface area contributed by atoms with Crippen LogP contribution in [0.25, 0.3) is 0 Å². The maximum Gasteiger partial charge on any atom is 0.335 e. The minimum atomic E-state index is -3.30. The molecule has 0 radical (unpaired) electrons. The summed E-state index contributed by atoms with van der Waals surface area (Å²) in [6.07, 6.45) is 0. The molecular formula is C17H22NO3P. The van der Waals surface area contributed by atoms with Gasteiger partial charge in [-0.25, -0.2) is 0 Å². The minimum absolute atomic E-state index is 0.155. The van der Waals surface area contributed by atoms with Crippen LogP contribution in [0.2, 0.25) is 0 Å². The van der Waals surface area contributed by atoms with Gasteiger partial charge in [-0.1, -0.05) is 60.7 Å². The Labute approximate surface area is 131 Å². The first-order valence-electron chi connectivity index (χ1n) is 7.17. The van der Waals surface area contributed by atoms with Crippen LogP contribution in [0.1, 0.15) is 17.0 Å². The van der Waals surface area contributed by atoms with Crippen molar-refractivity contribution >= 4 is 7.60 Å². The van der Waals surface area contributed by atoms with Gasteiger partial charge >= 0.3 is 7.60 Å². The molecule has 0 saturated heterocycles. The third-order valence-electron chi connectivity index (χ3n) is 3.86. The van der Waals surface area contributed by atoms with E-state index in [4.69, 9.17) is 14.8 Å². The average Bonchev–Trinajstić information content (AvgIpc) is 2.60. The van der Waals surface area contributed by atoms with Gasteiger partial charge in [-0.3, -0.25) is 4.57 Å². The van der Waals surface area contributed by atoms with E-state index in [0.717, 1.165) is 11.1 Å². The molecule has 2 N–H and O–H groups in total. The molecule has 2 aromatic rings. The molecule has 0 saturated carbocycles. The van der Waals surface area contributed by atoms with Crippen LogP contribution in [-0.4, -0.2) is 26.4 Å². The summed E-state index contributed by atoms with van der Waals surface area (Å²) in [6.45, 7) is 0.202. The van der Waals surface area contributed by atoms with E-state index in [2.05, 4.69) is 0 Å². The zero-order valence-corrected chi connectivity index (χ0v) is 13.8. The monoisotopic (exact) mass is 319 g/mol. The van der Waals surface area contributed by atoms with Crippen LogP contribution in [0.15, 0.2) is 60.7 Å². The van der Waals surface area contributed by atoms with Gasteiger partial charge in [0.25, 0.3) is 0 Å². The summed E-state index contributed by atoms with van der Waals surface area (Å²) in [6, 6.07) is 19.8. The highest BCUT2D eigenvalue weighted by Gasteiger charge is 2.40. The molecule has 1 unspecified atom stereocenters. The van der Waals surface area contributed by atoms with E-state index in [-0.39, 0.29) is 12.5 Å². The SMILES string of the molecule is COP(=O)(OC)C(CN)C(c1ccccc1)c1ccccc1. The third kappa shape index (κ3) is 3.47. The molecule has 0 aliphatic rings. The van der Waals surface area contributed by atoms with Crippen molar-refractivity contribution in [1.29, 1.82) is 0 Å². The van der Waals surface area contributed by atoms with Crippen LogP contribution in [0.3, 0.4) is 0 Å². The van der Waals surface area contributed by atoms with Gasteiger partial charge < -0.3 is 14.8 Å². The second kappa shape index (κ2) is 7.70. The predicted molar refractivity (Wildman–Crippen MR) is 89.2 cm³/mol. The van der Waals surface area contributed by atoms with E-state index in [0.29, 0.717) is 0 Å². The second-order valence-electron chi connectivity index (χ2n) is 5.01. The lowest BCUT2D eigenvalue weighted by Crippen LogP contribution is -2.29. The molecule has 0 amide bonds. The lowest BCUT2D eigenvalue weighted by atomic mass is 9.88. The highest BCUT2D eigenvalue weighted by molar-refractivity contribution is 7.54. The van der Waals surface area contributed by atoms with Crippen molar-refractivity contribution in [2.75, 3.05) is 20.8 Å². The van der Waals surface area contributed by atoms with E-state index in [1.807, 2.05) is 60.7 Å².